The molecule has 138 valence electrons. The molecule has 0 spiro atoms. The summed E-state index contributed by atoms with van der Waals surface area (Å²) in [6.45, 7) is -0.00743. The van der Waals surface area contributed by atoms with Crippen molar-refractivity contribution < 1.29 is 4.79 Å². The van der Waals surface area contributed by atoms with Gasteiger partial charge >= 0.3 is 0 Å². The zero-order valence-electron chi connectivity index (χ0n) is 15.4. The van der Waals surface area contributed by atoms with Crippen molar-refractivity contribution >= 4 is 5.91 Å². The summed E-state index contributed by atoms with van der Waals surface area (Å²) < 4.78 is 1.28. The van der Waals surface area contributed by atoms with E-state index in [1.54, 1.807) is 6.07 Å². The molecule has 1 aliphatic carbocycles. The van der Waals surface area contributed by atoms with Crippen molar-refractivity contribution in [3.8, 4) is 11.3 Å². The van der Waals surface area contributed by atoms with Crippen molar-refractivity contribution in [2.24, 2.45) is 0 Å². The minimum atomic E-state index is -0.246. The molecule has 0 atom stereocenters. The van der Waals surface area contributed by atoms with Gasteiger partial charge in [0.2, 0.25) is 5.91 Å². The highest BCUT2D eigenvalue weighted by Crippen LogP contribution is 2.21. The molecule has 1 fully saturated rings. The molecule has 0 bridgehead atoms. The fraction of sp³-hybridized carbons (Fsp3) is 0.476. The van der Waals surface area contributed by atoms with E-state index in [0.717, 1.165) is 18.4 Å². The largest absolute Gasteiger partial charge is 0.341 e. The average molecular weight is 353 g/mol. The van der Waals surface area contributed by atoms with Crippen molar-refractivity contribution in [2.45, 2.75) is 57.5 Å². The van der Waals surface area contributed by atoms with Gasteiger partial charge in [-0.05, 0) is 18.9 Å². The SMILES string of the molecule is CN(C(=O)Cn1nc(-c2ccccc2)ccc1=O)C1CCCCCCC1. The minimum absolute atomic E-state index is 0.00743. The summed E-state index contributed by atoms with van der Waals surface area (Å²) in [4.78, 5) is 26.7. The van der Waals surface area contributed by atoms with E-state index in [9.17, 15) is 9.59 Å². The molecule has 0 radical (unpaired) electrons. The Morgan fingerprint density at radius 2 is 1.69 bits per heavy atom. The Balaban J connectivity index is 1.73. The van der Waals surface area contributed by atoms with Crippen molar-refractivity contribution in [2.75, 3.05) is 7.05 Å². The summed E-state index contributed by atoms with van der Waals surface area (Å²) in [5.41, 5.74) is 1.39. The number of aromatic nitrogens is 2. The fourth-order valence-corrected chi connectivity index (χ4v) is 3.59. The van der Waals surface area contributed by atoms with E-state index in [-0.39, 0.29) is 24.1 Å². The highest BCUT2D eigenvalue weighted by molar-refractivity contribution is 5.76. The third kappa shape index (κ3) is 4.59. The van der Waals surface area contributed by atoms with Gasteiger partial charge in [0.1, 0.15) is 6.54 Å². The summed E-state index contributed by atoms with van der Waals surface area (Å²) in [6, 6.07) is 13.2. The van der Waals surface area contributed by atoms with Crippen molar-refractivity contribution in [1.29, 1.82) is 0 Å². The summed E-state index contributed by atoms with van der Waals surface area (Å²) in [6.07, 6.45) is 8.24. The monoisotopic (exact) mass is 353 g/mol. The minimum Gasteiger partial charge on any atom is -0.341 e. The molecule has 5 heteroatoms. The number of rotatable bonds is 4. The molecule has 0 saturated heterocycles. The van der Waals surface area contributed by atoms with Gasteiger partial charge in [-0.2, -0.15) is 5.10 Å². The standard InChI is InChI=1S/C21H27N3O2/c1-23(18-12-8-3-2-4-9-13-18)21(26)16-24-20(25)15-14-19(22-24)17-10-6-5-7-11-17/h5-7,10-11,14-15,18H,2-4,8-9,12-13,16H2,1H3. The third-order valence-corrected chi connectivity index (χ3v) is 5.24. The Labute approximate surface area is 154 Å². The molecule has 0 unspecified atom stereocenters. The lowest BCUT2D eigenvalue weighted by Gasteiger charge is -2.29. The van der Waals surface area contributed by atoms with Crippen molar-refractivity contribution in [1.82, 2.24) is 14.7 Å². The molecule has 1 saturated carbocycles. The summed E-state index contributed by atoms with van der Waals surface area (Å²) >= 11 is 0. The first-order valence-corrected chi connectivity index (χ1v) is 9.54. The lowest BCUT2D eigenvalue weighted by Crippen LogP contribution is -2.41. The summed E-state index contributed by atoms with van der Waals surface area (Å²) in [5, 5.41) is 4.40. The molecular weight excluding hydrogens is 326 g/mol. The number of carbonyl (C=O) groups excluding carboxylic acids is 1. The predicted octanol–water partition coefficient (Wildman–Crippen LogP) is 3.48. The fourth-order valence-electron chi connectivity index (χ4n) is 3.59. The summed E-state index contributed by atoms with van der Waals surface area (Å²) in [7, 11) is 1.86. The van der Waals surface area contributed by atoms with E-state index >= 15 is 0 Å². The number of benzene rings is 1. The lowest BCUT2D eigenvalue weighted by atomic mass is 9.96. The van der Waals surface area contributed by atoms with E-state index in [1.165, 1.54) is 42.9 Å². The number of nitrogens with zero attached hydrogens (tertiary/aromatic N) is 3. The number of hydrogen-bond donors (Lipinski definition) is 0. The van der Waals surface area contributed by atoms with Crippen LogP contribution in [0.25, 0.3) is 11.3 Å². The molecule has 26 heavy (non-hydrogen) atoms. The Morgan fingerprint density at radius 3 is 2.38 bits per heavy atom. The number of amides is 1. The molecular formula is C21H27N3O2. The molecule has 2 aromatic rings. The van der Waals surface area contributed by atoms with Crippen LogP contribution in [-0.2, 0) is 11.3 Å². The third-order valence-electron chi connectivity index (χ3n) is 5.24. The van der Waals surface area contributed by atoms with Crippen LogP contribution in [0.1, 0.15) is 44.9 Å². The van der Waals surface area contributed by atoms with Crippen LogP contribution < -0.4 is 5.56 Å². The van der Waals surface area contributed by atoms with Gasteiger partial charge in [0.05, 0.1) is 5.69 Å². The summed E-state index contributed by atoms with van der Waals surface area (Å²) in [5.74, 6) is -0.0459. The van der Waals surface area contributed by atoms with E-state index in [2.05, 4.69) is 5.10 Å². The number of hydrogen-bond acceptors (Lipinski definition) is 3. The van der Waals surface area contributed by atoms with Crippen LogP contribution >= 0.6 is 0 Å². The van der Waals surface area contributed by atoms with Crippen molar-refractivity contribution in [3.63, 3.8) is 0 Å². The molecule has 1 heterocycles. The maximum Gasteiger partial charge on any atom is 0.267 e. The second-order valence-electron chi connectivity index (χ2n) is 7.08. The number of likely N-dealkylation sites (N-methyl/N-ethyl adjacent to an activating group) is 1. The Kier molecular flexibility index (Phi) is 6.21. The zero-order chi connectivity index (χ0) is 18.4. The van der Waals surface area contributed by atoms with Crippen LogP contribution in [0.5, 0.6) is 0 Å². The normalized spacial score (nSPS) is 15.9. The lowest BCUT2D eigenvalue weighted by molar-refractivity contribution is -0.133. The average Bonchev–Trinajstić information content (AvgIpc) is 2.63. The van der Waals surface area contributed by atoms with Crippen LogP contribution in [0, 0.1) is 0 Å². The molecule has 0 N–H and O–H groups in total. The molecule has 1 aromatic heterocycles. The van der Waals surface area contributed by atoms with Gasteiger partial charge in [-0.15, -0.1) is 0 Å². The Bertz CT molecular complexity index is 777. The van der Waals surface area contributed by atoms with E-state index in [4.69, 9.17) is 0 Å². The maximum absolute atomic E-state index is 12.7. The Hall–Kier alpha value is -2.43. The van der Waals surface area contributed by atoms with Crippen LogP contribution in [0.4, 0.5) is 0 Å². The van der Waals surface area contributed by atoms with Gasteiger partial charge in [-0.25, -0.2) is 4.68 Å². The van der Waals surface area contributed by atoms with Gasteiger partial charge in [-0.1, -0.05) is 62.4 Å². The van der Waals surface area contributed by atoms with Crippen LogP contribution in [-0.4, -0.2) is 33.7 Å². The molecule has 5 nitrogen and oxygen atoms in total. The smallest absolute Gasteiger partial charge is 0.267 e. The highest BCUT2D eigenvalue weighted by atomic mass is 16.2. The first-order chi connectivity index (χ1) is 12.6. The van der Waals surface area contributed by atoms with Crippen molar-refractivity contribution in [3.05, 3.63) is 52.8 Å². The van der Waals surface area contributed by atoms with Gasteiger partial charge in [-0.3, -0.25) is 9.59 Å². The second-order valence-corrected chi connectivity index (χ2v) is 7.08. The molecule has 1 aliphatic rings. The van der Waals surface area contributed by atoms with Crippen LogP contribution in [0.15, 0.2) is 47.3 Å². The predicted molar refractivity (Wildman–Crippen MR) is 103 cm³/mol. The maximum atomic E-state index is 12.7. The van der Waals surface area contributed by atoms with Gasteiger partial charge in [0, 0.05) is 24.7 Å². The number of carbonyl (C=O) groups is 1. The Morgan fingerprint density at radius 1 is 1.04 bits per heavy atom. The quantitative estimate of drug-likeness (QED) is 0.845. The van der Waals surface area contributed by atoms with E-state index < -0.39 is 0 Å². The second kappa shape index (κ2) is 8.79. The zero-order valence-corrected chi connectivity index (χ0v) is 15.4. The first-order valence-electron chi connectivity index (χ1n) is 9.54. The molecule has 0 aliphatic heterocycles. The van der Waals surface area contributed by atoms with Crippen LogP contribution in [0.2, 0.25) is 0 Å². The van der Waals surface area contributed by atoms with E-state index in [0.29, 0.717) is 5.69 Å². The van der Waals surface area contributed by atoms with E-state index in [1.807, 2.05) is 42.3 Å². The van der Waals surface area contributed by atoms with Gasteiger partial charge in [0.15, 0.2) is 0 Å². The first kappa shape index (κ1) is 18.4. The van der Waals surface area contributed by atoms with Gasteiger partial charge in [0.25, 0.3) is 5.56 Å². The van der Waals surface area contributed by atoms with Gasteiger partial charge < -0.3 is 4.90 Å². The topological polar surface area (TPSA) is 55.2 Å². The van der Waals surface area contributed by atoms with Crippen LogP contribution in [0.3, 0.4) is 0 Å². The molecule has 1 aromatic carbocycles. The molecule has 1 amide bonds. The molecule has 3 rings (SSSR count). The highest BCUT2D eigenvalue weighted by Gasteiger charge is 2.21.